The maximum Gasteiger partial charge on any atom is 0.137 e. The third-order valence-electron chi connectivity index (χ3n) is 3.10. The largest absolute Gasteiger partial charge is 0.472 e. The zero-order valence-electron chi connectivity index (χ0n) is 10.6. The smallest absolute Gasteiger partial charge is 0.137 e. The van der Waals surface area contributed by atoms with Gasteiger partial charge in [-0.25, -0.2) is 4.39 Å². The van der Waals surface area contributed by atoms with Crippen molar-refractivity contribution < 1.29 is 8.81 Å². The van der Waals surface area contributed by atoms with Gasteiger partial charge in [0.1, 0.15) is 5.82 Å². The van der Waals surface area contributed by atoms with Crippen LogP contribution < -0.4 is 5.73 Å². The Balaban J connectivity index is 2.16. The van der Waals surface area contributed by atoms with Crippen LogP contribution in [0.4, 0.5) is 4.39 Å². The van der Waals surface area contributed by atoms with E-state index in [4.69, 9.17) is 10.2 Å². The van der Waals surface area contributed by atoms with E-state index in [0.29, 0.717) is 11.0 Å². The summed E-state index contributed by atoms with van der Waals surface area (Å²) in [7, 11) is 1.99. The molecule has 0 spiro atoms. The predicted octanol–water partition coefficient (Wildman–Crippen LogP) is 3.31. The van der Waals surface area contributed by atoms with E-state index < -0.39 is 0 Å². The number of hydrogen-bond acceptors (Lipinski definition) is 3. The van der Waals surface area contributed by atoms with Crippen LogP contribution in [0, 0.1) is 5.82 Å². The molecule has 0 bridgehead atoms. The Bertz CT molecular complexity index is 530. The molecule has 1 atom stereocenters. The molecule has 3 nitrogen and oxygen atoms in total. The summed E-state index contributed by atoms with van der Waals surface area (Å²) in [5.41, 5.74) is 7.92. The maximum atomic E-state index is 13.3. The van der Waals surface area contributed by atoms with Crippen LogP contribution in [-0.2, 0) is 6.54 Å². The normalized spacial score (nSPS) is 12.9. The van der Waals surface area contributed by atoms with Gasteiger partial charge in [-0.1, -0.05) is 6.07 Å². The van der Waals surface area contributed by atoms with E-state index >= 15 is 0 Å². The average Bonchev–Trinajstić information content (AvgIpc) is 2.87. The Morgan fingerprint density at radius 2 is 2.21 bits per heavy atom. The molecule has 2 N–H and O–H groups in total. The molecule has 0 saturated carbocycles. The highest BCUT2D eigenvalue weighted by atomic mass is 79.9. The van der Waals surface area contributed by atoms with Crippen LogP contribution in [0.3, 0.4) is 0 Å². The van der Waals surface area contributed by atoms with Crippen molar-refractivity contribution in [3.8, 4) is 0 Å². The number of halogens is 2. The summed E-state index contributed by atoms with van der Waals surface area (Å²) in [6, 6.07) is 6.95. The van der Waals surface area contributed by atoms with Gasteiger partial charge in [-0.15, -0.1) is 0 Å². The summed E-state index contributed by atoms with van der Waals surface area (Å²) in [4.78, 5) is 2.12. The lowest BCUT2D eigenvalue weighted by molar-refractivity contribution is 0.241. The van der Waals surface area contributed by atoms with Gasteiger partial charge in [0.25, 0.3) is 0 Å². The van der Waals surface area contributed by atoms with Crippen LogP contribution in [-0.4, -0.2) is 18.5 Å². The first-order chi connectivity index (χ1) is 9.11. The van der Waals surface area contributed by atoms with E-state index in [1.54, 1.807) is 24.7 Å². The second-order valence-corrected chi connectivity index (χ2v) is 5.33. The number of hydrogen-bond donors (Lipinski definition) is 1. The average molecular weight is 327 g/mol. The fourth-order valence-electron chi connectivity index (χ4n) is 2.07. The lowest BCUT2D eigenvalue weighted by atomic mass is 10.1. The van der Waals surface area contributed by atoms with Crippen LogP contribution in [0.15, 0.2) is 45.7 Å². The second-order valence-electron chi connectivity index (χ2n) is 4.47. The molecule has 1 heterocycles. The van der Waals surface area contributed by atoms with Gasteiger partial charge in [-0.05, 0) is 46.7 Å². The topological polar surface area (TPSA) is 42.4 Å². The Morgan fingerprint density at radius 3 is 2.79 bits per heavy atom. The zero-order chi connectivity index (χ0) is 13.8. The van der Waals surface area contributed by atoms with Crippen molar-refractivity contribution in [3.63, 3.8) is 0 Å². The molecule has 0 aliphatic heterocycles. The van der Waals surface area contributed by atoms with Crippen LogP contribution >= 0.6 is 15.9 Å². The molecule has 0 radical (unpaired) electrons. The first-order valence-electron chi connectivity index (χ1n) is 5.98. The van der Waals surface area contributed by atoms with E-state index in [9.17, 15) is 4.39 Å². The highest BCUT2D eigenvalue weighted by molar-refractivity contribution is 9.10. The molecular formula is C14H16BrFN2O. The third kappa shape index (κ3) is 3.43. The van der Waals surface area contributed by atoms with Gasteiger partial charge in [0.05, 0.1) is 17.0 Å². The van der Waals surface area contributed by atoms with E-state index in [1.807, 2.05) is 13.1 Å². The monoisotopic (exact) mass is 326 g/mol. The molecule has 2 rings (SSSR count). The standard InChI is InChI=1S/C14H16BrFN2O/c1-18(8-10-4-5-19-9-10)14(7-17)11-2-3-13(16)12(15)6-11/h2-6,9,14H,7-8,17H2,1H3. The summed E-state index contributed by atoms with van der Waals surface area (Å²) < 4.78 is 18.8. The van der Waals surface area contributed by atoms with E-state index in [-0.39, 0.29) is 11.9 Å². The van der Waals surface area contributed by atoms with Gasteiger partial charge in [-0.2, -0.15) is 0 Å². The van der Waals surface area contributed by atoms with Crippen molar-refractivity contribution >= 4 is 15.9 Å². The van der Waals surface area contributed by atoms with E-state index in [2.05, 4.69) is 20.8 Å². The minimum Gasteiger partial charge on any atom is -0.472 e. The first-order valence-corrected chi connectivity index (χ1v) is 6.77. The summed E-state index contributed by atoms with van der Waals surface area (Å²) >= 11 is 3.20. The van der Waals surface area contributed by atoms with Crippen molar-refractivity contribution in [2.75, 3.05) is 13.6 Å². The fourth-order valence-corrected chi connectivity index (χ4v) is 2.47. The van der Waals surface area contributed by atoms with Gasteiger partial charge in [-0.3, -0.25) is 4.90 Å². The highest BCUT2D eigenvalue weighted by Crippen LogP contribution is 2.25. The number of nitrogens with two attached hydrogens (primary N) is 1. The van der Waals surface area contributed by atoms with Crippen molar-refractivity contribution in [1.29, 1.82) is 0 Å². The maximum absolute atomic E-state index is 13.3. The minimum atomic E-state index is -0.267. The Hall–Kier alpha value is -1.17. The molecule has 0 saturated heterocycles. The SMILES string of the molecule is CN(Cc1ccoc1)C(CN)c1ccc(F)c(Br)c1. The second kappa shape index (κ2) is 6.32. The lowest BCUT2D eigenvalue weighted by Crippen LogP contribution is -2.30. The molecule has 1 aromatic carbocycles. The Labute approximate surface area is 120 Å². The van der Waals surface area contributed by atoms with E-state index in [0.717, 1.165) is 17.7 Å². The van der Waals surface area contributed by atoms with E-state index in [1.165, 1.54) is 6.07 Å². The minimum absolute atomic E-state index is 0.0341. The third-order valence-corrected chi connectivity index (χ3v) is 3.70. The number of rotatable bonds is 5. The molecule has 5 heteroatoms. The molecular weight excluding hydrogens is 311 g/mol. The van der Waals surface area contributed by atoms with Crippen LogP contribution in [0.25, 0.3) is 0 Å². The number of benzene rings is 1. The molecule has 19 heavy (non-hydrogen) atoms. The summed E-state index contributed by atoms with van der Waals surface area (Å²) in [6.07, 6.45) is 3.36. The van der Waals surface area contributed by atoms with Crippen molar-refractivity contribution in [2.45, 2.75) is 12.6 Å². The van der Waals surface area contributed by atoms with Gasteiger partial charge < -0.3 is 10.2 Å². The van der Waals surface area contributed by atoms with Crippen molar-refractivity contribution in [2.24, 2.45) is 5.73 Å². The lowest BCUT2D eigenvalue weighted by Gasteiger charge is -2.27. The molecule has 102 valence electrons. The zero-order valence-corrected chi connectivity index (χ0v) is 12.2. The number of furan rings is 1. The van der Waals surface area contributed by atoms with Gasteiger partial charge in [0.2, 0.25) is 0 Å². The van der Waals surface area contributed by atoms with Crippen molar-refractivity contribution in [3.05, 3.63) is 58.2 Å². The summed E-state index contributed by atoms with van der Waals surface area (Å²) in [5, 5.41) is 0. The molecule has 2 aromatic rings. The van der Waals surface area contributed by atoms with Gasteiger partial charge in [0, 0.05) is 24.7 Å². The van der Waals surface area contributed by atoms with Crippen LogP contribution in [0.2, 0.25) is 0 Å². The molecule has 1 aromatic heterocycles. The quantitative estimate of drug-likeness (QED) is 0.916. The predicted molar refractivity (Wildman–Crippen MR) is 76.1 cm³/mol. The summed E-state index contributed by atoms with van der Waals surface area (Å²) in [5.74, 6) is -0.267. The van der Waals surface area contributed by atoms with Crippen molar-refractivity contribution in [1.82, 2.24) is 4.90 Å². The van der Waals surface area contributed by atoms with Crippen LogP contribution in [0.1, 0.15) is 17.2 Å². The fraction of sp³-hybridized carbons (Fsp3) is 0.286. The molecule has 0 fully saturated rings. The highest BCUT2D eigenvalue weighted by Gasteiger charge is 2.17. The molecule has 0 aliphatic rings. The number of likely N-dealkylation sites (N-methyl/N-ethyl adjacent to an activating group) is 1. The molecule has 0 amide bonds. The number of nitrogens with zero attached hydrogens (tertiary/aromatic N) is 1. The Kier molecular flexibility index (Phi) is 4.74. The van der Waals surface area contributed by atoms with Crippen LogP contribution in [0.5, 0.6) is 0 Å². The first kappa shape index (κ1) is 14.2. The molecule has 0 aliphatic carbocycles. The van der Waals surface area contributed by atoms with Gasteiger partial charge in [0.15, 0.2) is 0 Å². The van der Waals surface area contributed by atoms with Gasteiger partial charge >= 0.3 is 0 Å². The molecule has 1 unspecified atom stereocenters. The Morgan fingerprint density at radius 1 is 1.42 bits per heavy atom. The summed E-state index contributed by atoms with van der Waals surface area (Å²) in [6.45, 7) is 1.19.